The first-order chi connectivity index (χ1) is 6.40. The van der Waals surface area contributed by atoms with E-state index in [1.807, 2.05) is 20.1 Å². The minimum atomic E-state index is -0.406. The van der Waals surface area contributed by atoms with E-state index in [9.17, 15) is 4.79 Å². The molecule has 0 bridgehead atoms. The molecule has 0 aromatic carbocycles. The molecule has 0 atom stereocenters. The predicted octanol–water partition coefficient (Wildman–Crippen LogP) is 2.51. The first kappa shape index (κ1) is 11.8. The number of thioether (sulfide) groups is 1. The third-order valence-electron chi connectivity index (χ3n) is 2.17. The Balaban J connectivity index is 3.13. The summed E-state index contributed by atoms with van der Waals surface area (Å²) in [7, 11) is 1.77. The fourth-order valence-corrected chi connectivity index (χ4v) is 1.85. The van der Waals surface area contributed by atoms with Gasteiger partial charge in [-0.2, -0.15) is 16.9 Å². The summed E-state index contributed by atoms with van der Waals surface area (Å²) in [6.45, 7) is 3.83. The number of ketones is 1. The van der Waals surface area contributed by atoms with Crippen molar-refractivity contribution in [1.29, 1.82) is 0 Å². The van der Waals surface area contributed by atoms with E-state index in [1.165, 1.54) is 11.8 Å². The summed E-state index contributed by atoms with van der Waals surface area (Å²) >= 11 is 4.87. The van der Waals surface area contributed by atoms with Crippen molar-refractivity contribution in [2.45, 2.75) is 18.6 Å². The lowest BCUT2D eigenvalue weighted by Crippen LogP contribution is -2.29. The van der Waals surface area contributed by atoms with E-state index in [1.54, 1.807) is 17.9 Å². The normalized spacial score (nSPS) is 11.8. The SMILES string of the molecule is CSC(C)(C)C(=O)c1c(Br)cnn1C. The van der Waals surface area contributed by atoms with Crippen LogP contribution in [0.25, 0.3) is 0 Å². The Bertz CT molecular complexity index is 340. The Hall–Kier alpha value is -0.290. The second-order valence-corrected chi connectivity index (χ2v) is 5.79. The van der Waals surface area contributed by atoms with Crippen LogP contribution in [0, 0.1) is 0 Å². The fourth-order valence-electron chi connectivity index (χ4n) is 1.04. The van der Waals surface area contributed by atoms with Crippen molar-refractivity contribution in [3.63, 3.8) is 0 Å². The molecule has 0 aliphatic rings. The van der Waals surface area contributed by atoms with Gasteiger partial charge < -0.3 is 0 Å². The van der Waals surface area contributed by atoms with E-state index in [-0.39, 0.29) is 5.78 Å². The second-order valence-electron chi connectivity index (χ2n) is 3.51. The van der Waals surface area contributed by atoms with Crippen LogP contribution in [0.4, 0.5) is 0 Å². The van der Waals surface area contributed by atoms with Crippen molar-refractivity contribution in [2.24, 2.45) is 7.05 Å². The summed E-state index contributed by atoms with van der Waals surface area (Å²) in [6.07, 6.45) is 3.58. The molecule has 1 aromatic rings. The van der Waals surface area contributed by atoms with Crippen molar-refractivity contribution in [3.8, 4) is 0 Å². The van der Waals surface area contributed by atoms with Crippen molar-refractivity contribution in [3.05, 3.63) is 16.4 Å². The number of rotatable bonds is 3. The average molecular weight is 277 g/mol. The van der Waals surface area contributed by atoms with Gasteiger partial charge in [0.15, 0.2) is 5.78 Å². The molecule has 1 heterocycles. The molecule has 0 aliphatic heterocycles. The Morgan fingerprint density at radius 2 is 2.21 bits per heavy atom. The maximum Gasteiger partial charge on any atom is 0.197 e. The van der Waals surface area contributed by atoms with Gasteiger partial charge in [0, 0.05) is 7.05 Å². The molecule has 1 rings (SSSR count). The minimum absolute atomic E-state index is 0.0943. The highest BCUT2D eigenvalue weighted by atomic mass is 79.9. The van der Waals surface area contributed by atoms with Gasteiger partial charge in [0.05, 0.1) is 15.4 Å². The van der Waals surface area contributed by atoms with E-state index in [4.69, 9.17) is 0 Å². The molecule has 5 heteroatoms. The quantitative estimate of drug-likeness (QED) is 0.796. The average Bonchev–Trinajstić information content (AvgIpc) is 2.45. The highest BCUT2D eigenvalue weighted by Crippen LogP contribution is 2.28. The molecule has 0 radical (unpaired) electrons. The van der Waals surface area contributed by atoms with Gasteiger partial charge in [-0.25, -0.2) is 0 Å². The van der Waals surface area contributed by atoms with Crippen LogP contribution in [0.3, 0.4) is 0 Å². The van der Waals surface area contributed by atoms with Crippen LogP contribution in [0.15, 0.2) is 10.7 Å². The molecule has 0 N–H and O–H groups in total. The molecular weight excluding hydrogens is 264 g/mol. The van der Waals surface area contributed by atoms with Gasteiger partial charge in [-0.05, 0) is 36.0 Å². The zero-order chi connectivity index (χ0) is 10.9. The van der Waals surface area contributed by atoms with Gasteiger partial charge in [-0.3, -0.25) is 9.48 Å². The zero-order valence-electron chi connectivity index (χ0n) is 8.67. The zero-order valence-corrected chi connectivity index (χ0v) is 11.1. The van der Waals surface area contributed by atoms with Crippen LogP contribution in [-0.4, -0.2) is 26.6 Å². The van der Waals surface area contributed by atoms with E-state index in [0.717, 1.165) is 4.47 Å². The highest BCUT2D eigenvalue weighted by Gasteiger charge is 2.31. The van der Waals surface area contributed by atoms with Crippen molar-refractivity contribution in [2.75, 3.05) is 6.26 Å². The maximum absolute atomic E-state index is 12.1. The van der Waals surface area contributed by atoms with Crippen LogP contribution in [0.2, 0.25) is 0 Å². The first-order valence-electron chi connectivity index (χ1n) is 4.17. The van der Waals surface area contributed by atoms with Crippen LogP contribution in [0.5, 0.6) is 0 Å². The highest BCUT2D eigenvalue weighted by molar-refractivity contribution is 9.10. The molecular formula is C9H13BrN2OS. The Morgan fingerprint density at radius 3 is 2.57 bits per heavy atom. The van der Waals surface area contributed by atoms with E-state index in [2.05, 4.69) is 21.0 Å². The summed E-state index contributed by atoms with van der Waals surface area (Å²) in [5.41, 5.74) is 0.629. The number of Topliss-reactive ketones (excluding diaryl/α,β-unsaturated/α-hetero) is 1. The van der Waals surface area contributed by atoms with E-state index < -0.39 is 4.75 Å². The maximum atomic E-state index is 12.1. The summed E-state index contributed by atoms with van der Waals surface area (Å²) in [6, 6.07) is 0. The van der Waals surface area contributed by atoms with Gasteiger partial charge in [-0.1, -0.05) is 0 Å². The molecule has 14 heavy (non-hydrogen) atoms. The monoisotopic (exact) mass is 276 g/mol. The lowest BCUT2D eigenvalue weighted by molar-refractivity contribution is 0.0948. The van der Waals surface area contributed by atoms with E-state index in [0.29, 0.717) is 5.69 Å². The Morgan fingerprint density at radius 1 is 1.64 bits per heavy atom. The molecule has 3 nitrogen and oxygen atoms in total. The molecule has 0 saturated carbocycles. The summed E-state index contributed by atoms with van der Waals surface area (Å²) in [5, 5.41) is 4.02. The number of halogens is 1. The summed E-state index contributed by atoms with van der Waals surface area (Å²) < 4.78 is 1.95. The predicted molar refractivity (Wildman–Crippen MR) is 62.8 cm³/mol. The van der Waals surface area contributed by atoms with Crippen LogP contribution >= 0.6 is 27.7 Å². The van der Waals surface area contributed by atoms with Gasteiger partial charge in [0.2, 0.25) is 0 Å². The van der Waals surface area contributed by atoms with Gasteiger partial charge >= 0.3 is 0 Å². The standard InChI is InChI=1S/C9H13BrN2OS/c1-9(2,14-4)8(13)7-6(10)5-11-12(7)3/h5H,1-4H3. The van der Waals surface area contributed by atoms with Crippen molar-refractivity contribution >= 4 is 33.5 Å². The fraction of sp³-hybridized carbons (Fsp3) is 0.556. The molecule has 0 saturated heterocycles. The van der Waals surface area contributed by atoms with Crippen LogP contribution < -0.4 is 0 Å². The largest absolute Gasteiger partial charge is 0.291 e. The number of hydrogen-bond acceptors (Lipinski definition) is 3. The third-order valence-corrected chi connectivity index (χ3v) is 3.95. The summed E-state index contributed by atoms with van der Waals surface area (Å²) in [4.78, 5) is 12.1. The van der Waals surface area contributed by atoms with Crippen LogP contribution in [-0.2, 0) is 7.05 Å². The molecule has 0 aliphatic carbocycles. The molecule has 0 unspecified atom stereocenters. The smallest absolute Gasteiger partial charge is 0.197 e. The molecule has 1 aromatic heterocycles. The number of aromatic nitrogens is 2. The van der Waals surface area contributed by atoms with Crippen molar-refractivity contribution < 1.29 is 4.79 Å². The number of nitrogens with zero attached hydrogens (tertiary/aromatic N) is 2. The van der Waals surface area contributed by atoms with Gasteiger partial charge in [0.1, 0.15) is 5.69 Å². The van der Waals surface area contributed by atoms with Crippen LogP contribution in [0.1, 0.15) is 24.3 Å². The van der Waals surface area contributed by atoms with Gasteiger partial charge in [0.25, 0.3) is 0 Å². The number of hydrogen-bond donors (Lipinski definition) is 0. The lowest BCUT2D eigenvalue weighted by atomic mass is 10.1. The molecule has 0 spiro atoms. The Kier molecular flexibility index (Phi) is 3.42. The number of aryl methyl sites for hydroxylation is 1. The molecule has 0 amide bonds. The number of carbonyl (C=O) groups excluding carboxylic acids is 1. The first-order valence-corrected chi connectivity index (χ1v) is 6.19. The lowest BCUT2D eigenvalue weighted by Gasteiger charge is -2.20. The summed E-state index contributed by atoms with van der Waals surface area (Å²) in [5.74, 6) is 0.0943. The molecule has 0 fully saturated rings. The second kappa shape index (κ2) is 4.06. The topological polar surface area (TPSA) is 34.9 Å². The number of carbonyl (C=O) groups is 1. The third kappa shape index (κ3) is 2.03. The minimum Gasteiger partial charge on any atom is -0.291 e. The van der Waals surface area contributed by atoms with Crippen molar-refractivity contribution in [1.82, 2.24) is 9.78 Å². The Labute approximate surface area is 96.4 Å². The van der Waals surface area contributed by atoms with E-state index >= 15 is 0 Å². The molecule has 78 valence electrons. The van der Waals surface area contributed by atoms with Gasteiger partial charge in [-0.15, -0.1) is 0 Å².